The molecule has 0 bridgehead atoms. The van der Waals surface area contributed by atoms with Crippen LogP contribution in [0, 0.1) is 3.57 Å². The number of ether oxygens (including phenoxy) is 3. The Labute approximate surface area is 131 Å². The van der Waals surface area contributed by atoms with Crippen molar-refractivity contribution >= 4 is 34.2 Å². The summed E-state index contributed by atoms with van der Waals surface area (Å²) in [5.74, 6) is 0.621. The number of nitrogens with zero attached hydrogens (tertiary/aromatic N) is 2. The topological polar surface area (TPSA) is 53.5 Å². The molecule has 1 aliphatic rings. The highest BCUT2D eigenvalue weighted by Crippen LogP contribution is 2.35. The van der Waals surface area contributed by atoms with Gasteiger partial charge in [-0.15, -0.1) is 0 Å². The lowest BCUT2D eigenvalue weighted by Gasteiger charge is -2.34. The first-order valence-electron chi connectivity index (χ1n) is 5.97. The highest BCUT2D eigenvalue weighted by molar-refractivity contribution is 14.1. The zero-order chi connectivity index (χ0) is 13.9. The van der Waals surface area contributed by atoms with Crippen molar-refractivity contribution in [1.82, 2.24) is 9.97 Å². The maximum atomic E-state index is 6.19. The van der Waals surface area contributed by atoms with Gasteiger partial charge in [-0.05, 0) is 22.6 Å². The lowest BCUT2D eigenvalue weighted by Crippen LogP contribution is -2.37. The van der Waals surface area contributed by atoms with E-state index in [1.807, 2.05) is 0 Å². The third kappa shape index (κ3) is 3.18. The Morgan fingerprint density at radius 2 is 2.00 bits per heavy atom. The van der Waals surface area contributed by atoms with Crippen LogP contribution in [-0.4, -0.2) is 37.4 Å². The zero-order valence-electron chi connectivity index (χ0n) is 10.9. The fourth-order valence-electron chi connectivity index (χ4n) is 2.12. The van der Waals surface area contributed by atoms with Crippen molar-refractivity contribution in [2.45, 2.75) is 25.0 Å². The smallest absolute Gasteiger partial charge is 0.162 e. The van der Waals surface area contributed by atoms with E-state index in [4.69, 9.17) is 25.8 Å². The van der Waals surface area contributed by atoms with Crippen molar-refractivity contribution in [1.29, 1.82) is 0 Å². The van der Waals surface area contributed by atoms with E-state index in [-0.39, 0.29) is 0 Å². The van der Waals surface area contributed by atoms with E-state index in [1.54, 1.807) is 14.2 Å². The van der Waals surface area contributed by atoms with Crippen molar-refractivity contribution in [3.05, 3.63) is 20.2 Å². The summed E-state index contributed by atoms with van der Waals surface area (Å²) in [6.07, 6.45) is 1.46. The first kappa shape index (κ1) is 15.4. The number of hydrogen-bond acceptors (Lipinski definition) is 5. The second-order valence-corrected chi connectivity index (χ2v) is 5.78. The minimum absolute atomic E-state index is 0.407. The molecule has 106 valence electrons. The predicted octanol–water partition coefficient (Wildman–Crippen LogP) is 2.53. The van der Waals surface area contributed by atoms with Gasteiger partial charge in [-0.25, -0.2) is 9.97 Å². The van der Waals surface area contributed by atoms with Gasteiger partial charge < -0.3 is 14.2 Å². The van der Waals surface area contributed by atoms with Gasteiger partial charge in [-0.3, -0.25) is 0 Å². The molecule has 0 N–H and O–H groups in total. The molecule has 1 aromatic rings. The van der Waals surface area contributed by atoms with Gasteiger partial charge in [0, 0.05) is 40.3 Å². The summed E-state index contributed by atoms with van der Waals surface area (Å²) in [5.41, 5.74) is 0.287. The molecule has 1 saturated heterocycles. The molecule has 7 heteroatoms. The van der Waals surface area contributed by atoms with Gasteiger partial charge in [0.15, 0.2) is 5.82 Å². The number of rotatable bonds is 4. The van der Waals surface area contributed by atoms with Crippen LogP contribution in [0.25, 0.3) is 0 Å². The molecule has 0 aliphatic carbocycles. The van der Waals surface area contributed by atoms with E-state index in [0.29, 0.717) is 30.8 Å². The van der Waals surface area contributed by atoms with Crippen LogP contribution in [0.3, 0.4) is 0 Å². The Kier molecular flexibility index (Phi) is 5.36. The van der Waals surface area contributed by atoms with Crippen LogP contribution in [0.1, 0.15) is 24.4 Å². The Hall–Kier alpha value is -0.0200. The minimum Gasteiger partial charge on any atom is -0.381 e. The molecule has 0 amide bonds. The maximum absolute atomic E-state index is 6.19. The molecular weight excluding hydrogens is 382 g/mol. The van der Waals surface area contributed by atoms with Crippen molar-refractivity contribution in [2.24, 2.45) is 0 Å². The van der Waals surface area contributed by atoms with Gasteiger partial charge in [-0.1, -0.05) is 11.6 Å². The van der Waals surface area contributed by atoms with Crippen LogP contribution < -0.4 is 0 Å². The summed E-state index contributed by atoms with van der Waals surface area (Å²) >= 11 is 8.32. The van der Waals surface area contributed by atoms with Crippen LogP contribution in [0.4, 0.5) is 0 Å². The van der Waals surface area contributed by atoms with Gasteiger partial charge in [-0.2, -0.15) is 0 Å². The molecule has 0 atom stereocenters. The summed E-state index contributed by atoms with van der Waals surface area (Å²) in [6, 6.07) is 0. The lowest BCUT2D eigenvalue weighted by atomic mass is 9.93. The van der Waals surface area contributed by atoms with Gasteiger partial charge in [0.05, 0.1) is 15.9 Å². The van der Waals surface area contributed by atoms with Gasteiger partial charge >= 0.3 is 0 Å². The molecule has 1 aliphatic heterocycles. The molecule has 2 rings (SSSR count). The minimum atomic E-state index is -0.505. The standard InChI is InChI=1S/C12H16ClIN2O3/c1-17-7-8-9(14)10(13)16-11(15-8)12(18-2)3-5-19-6-4-12/h3-7H2,1-2H3. The summed E-state index contributed by atoms with van der Waals surface area (Å²) in [6.45, 7) is 1.69. The molecule has 0 aromatic carbocycles. The normalized spacial score (nSPS) is 18.5. The zero-order valence-corrected chi connectivity index (χ0v) is 13.8. The van der Waals surface area contributed by atoms with E-state index in [0.717, 1.165) is 22.1 Å². The summed E-state index contributed by atoms with van der Waals surface area (Å²) in [7, 11) is 3.31. The van der Waals surface area contributed by atoms with Crippen LogP contribution in [0.15, 0.2) is 0 Å². The average molecular weight is 399 g/mol. The first-order valence-corrected chi connectivity index (χ1v) is 7.43. The largest absolute Gasteiger partial charge is 0.381 e. The number of hydrogen-bond donors (Lipinski definition) is 0. The quantitative estimate of drug-likeness (QED) is 0.576. The van der Waals surface area contributed by atoms with E-state index in [2.05, 4.69) is 32.6 Å². The monoisotopic (exact) mass is 398 g/mol. The molecular formula is C12H16ClIN2O3. The van der Waals surface area contributed by atoms with Crippen molar-refractivity contribution in [3.63, 3.8) is 0 Å². The van der Waals surface area contributed by atoms with E-state index >= 15 is 0 Å². The highest BCUT2D eigenvalue weighted by atomic mass is 127. The maximum Gasteiger partial charge on any atom is 0.162 e. The molecule has 2 heterocycles. The molecule has 0 saturated carbocycles. The second kappa shape index (κ2) is 6.62. The van der Waals surface area contributed by atoms with Crippen LogP contribution >= 0.6 is 34.2 Å². The number of aromatic nitrogens is 2. The Morgan fingerprint density at radius 1 is 1.32 bits per heavy atom. The predicted molar refractivity (Wildman–Crippen MR) is 79.2 cm³/mol. The first-order chi connectivity index (χ1) is 9.13. The summed E-state index contributed by atoms with van der Waals surface area (Å²) < 4.78 is 17.0. The lowest BCUT2D eigenvalue weighted by molar-refractivity contribution is -0.100. The molecule has 1 fully saturated rings. The average Bonchev–Trinajstić information content (AvgIpc) is 2.44. The fraction of sp³-hybridized carbons (Fsp3) is 0.667. The van der Waals surface area contributed by atoms with Crippen LogP contribution in [0.5, 0.6) is 0 Å². The van der Waals surface area contributed by atoms with Crippen LogP contribution in [0.2, 0.25) is 5.15 Å². The van der Waals surface area contributed by atoms with Crippen molar-refractivity contribution in [3.8, 4) is 0 Å². The Bertz CT molecular complexity index is 453. The molecule has 19 heavy (non-hydrogen) atoms. The molecule has 0 radical (unpaired) electrons. The van der Waals surface area contributed by atoms with Crippen molar-refractivity contribution < 1.29 is 14.2 Å². The molecule has 1 aromatic heterocycles. The van der Waals surface area contributed by atoms with Crippen LogP contribution in [-0.2, 0) is 26.4 Å². The highest BCUT2D eigenvalue weighted by Gasteiger charge is 2.38. The van der Waals surface area contributed by atoms with E-state index in [1.165, 1.54) is 0 Å². The number of methoxy groups -OCH3 is 2. The number of halogens is 2. The third-order valence-electron chi connectivity index (χ3n) is 3.26. The molecule has 5 nitrogen and oxygen atoms in total. The molecule has 0 unspecified atom stereocenters. The van der Waals surface area contributed by atoms with E-state index in [9.17, 15) is 0 Å². The Morgan fingerprint density at radius 3 is 2.58 bits per heavy atom. The summed E-state index contributed by atoms with van der Waals surface area (Å²) in [4.78, 5) is 8.97. The van der Waals surface area contributed by atoms with Gasteiger partial charge in [0.25, 0.3) is 0 Å². The van der Waals surface area contributed by atoms with Crippen molar-refractivity contribution in [2.75, 3.05) is 27.4 Å². The molecule has 0 spiro atoms. The Balaban J connectivity index is 2.42. The van der Waals surface area contributed by atoms with E-state index < -0.39 is 5.60 Å². The second-order valence-electron chi connectivity index (χ2n) is 4.34. The third-order valence-corrected chi connectivity index (χ3v) is 4.99. The summed E-state index contributed by atoms with van der Waals surface area (Å²) in [5, 5.41) is 0.445. The van der Waals surface area contributed by atoms with Gasteiger partial charge in [0.1, 0.15) is 10.8 Å². The van der Waals surface area contributed by atoms with Gasteiger partial charge in [0.2, 0.25) is 0 Å². The SMILES string of the molecule is COCc1nc(C2(OC)CCOCC2)nc(Cl)c1I. The fourth-order valence-corrected chi connectivity index (χ4v) is 2.71.